The molecule has 0 unspecified atom stereocenters. The van der Waals surface area contributed by atoms with E-state index in [9.17, 15) is 29.4 Å². The fourth-order valence-corrected chi connectivity index (χ4v) is 0. The number of hydrogen-bond acceptors (Lipinski definition) is 2. The van der Waals surface area contributed by atoms with Crippen LogP contribution in [0.4, 0.5) is 21.0 Å². The van der Waals surface area contributed by atoms with E-state index in [1.165, 1.54) is 6.92 Å². The van der Waals surface area contributed by atoms with Crippen LogP contribution >= 0.6 is 8.16 Å². The summed E-state index contributed by atoms with van der Waals surface area (Å²) < 4.78 is 76.7. The number of hydrogen-bond donors (Lipinski definition) is 1. The van der Waals surface area contributed by atoms with E-state index in [0.717, 1.165) is 0 Å². The summed E-state index contributed by atoms with van der Waals surface area (Å²) in [7, 11) is -12.5. The zero-order valence-corrected chi connectivity index (χ0v) is 8.93. The van der Waals surface area contributed by atoms with Crippen LogP contribution in [-0.2, 0) is 10.1 Å². The van der Waals surface area contributed by atoms with Crippen LogP contribution in [-0.4, -0.2) is 13.0 Å². The molecule has 0 aromatic rings. The van der Waals surface area contributed by atoms with Crippen molar-refractivity contribution in [2.24, 2.45) is 0 Å². The number of halogens is 5. The summed E-state index contributed by atoms with van der Waals surface area (Å²) in [5.74, 6) is 0. The van der Waals surface area contributed by atoms with Crippen molar-refractivity contribution in [2.45, 2.75) is 6.92 Å². The van der Waals surface area contributed by atoms with Crippen LogP contribution in [0.1, 0.15) is 8.35 Å². The predicted octanol–water partition coefficient (Wildman–Crippen LogP) is 0.486. The van der Waals surface area contributed by atoms with Gasteiger partial charge < -0.3 is 1.43 Å². The van der Waals surface area contributed by atoms with Crippen molar-refractivity contribution in [3.05, 3.63) is 11.5 Å². The van der Waals surface area contributed by atoms with Crippen molar-refractivity contribution in [1.29, 1.82) is 0 Å². The second-order valence-electron chi connectivity index (χ2n) is 1.82. The molecule has 84 valence electrons. The Morgan fingerprint density at radius 2 is 1.36 bits per heavy atom. The smallest absolute Gasteiger partial charge is 1.00 e. The minimum absolute atomic E-state index is 0. The summed E-state index contributed by atoms with van der Waals surface area (Å²) >= 11 is 0. The number of allylic oxidation sites excluding steroid dienone is 1. The summed E-state index contributed by atoms with van der Waals surface area (Å²) in [4.78, 5) is -0.229. The van der Waals surface area contributed by atoms with Crippen molar-refractivity contribution in [2.75, 3.05) is 0 Å². The van der Waals surface area contributed by atoms with E-state index in [1.807, 2.05) is 0 Å². The van der Waals surface area contributed by atoms with Gasteiger partial charge in [-0.15, -0.1) is 0 Å². The average Bonchev–Trinajstić information content (AvgIpc) is 1.52. The normalized spacial score (nSPS) is 13.8. The van der Waals surface area contributed by atoms with Gasteiger partial charge in [-0.1, -0.05) is 6.58 Å². The van der Waals surface area contributed by atoms with Gasteiger partial charge in [0.25, 0.3) is 10.1 Å². The van der Waals surface area contributed by atoms with E-state index in [-0.39, 0.29) is 25.2 Å². The first-order valence-corrected chi connectivity index (χ1v) is 5.55. The quantitative estimate of drug-likeness (QED) is 0.321. The molecule has 0 amide bonds. The first kappa shape index (κ1) is 19.8. The Morgan fingerprint density at radius 1 is 1.29 bits per heavy atom. The summed E-state index contributed by atoms with van der Waals surface area (Å²) in [5, 5.41) is 0. The van der Waals surface area contributed by atoms with Crippen LogP contribution in [0, 0.1) is 0 Å². The molecule has 0 aromatic heterocycles. The van der Waals surface area contributed by atoms with E-state index in [2.05, 4.69) is 6.58 Å². The maximum absolute atomic E-state index is 9.84. The molecule has 0 atom stereocenters. The molecule has 0 rings (SSSR count). The summed E-state index contributed by atoms with van der Waals surface area (Å²) in [6, 6.07) is 0. The largest absolute Gasteiger partial charge is 1.00 e. The maximum atomic E-state index is 9.84. The van der Waals surface area contributed by atoms with Crippen molar-refractivity contribution >= 4 is 18.3 Å². The van der Waals surface area contributed by atoms with Gasteiger partial charge >= 0.3 is 48.0 Å². The molecule has 0 fully saturated rings. The summed E-state index contributed by atoms with van der Waals surface area (Å²) in [6.07, 6.45) is 0. The van der Waals surface area contributed by atoms with E-state index in [0.29, 0.717) is 0 Å². The average molecular weight is 256 g/mol. The van der Waals surface area contributed by atoms with Gasteiger partial charge in [0.2, 0.25) is 0 Å². The molecule has 0 saturated carbocycles. The van der Waals surface area contributed by atoms with E-state index in [4.69, 9.17) is 4.55 Å². The van der Waals surface area contributed by atoms with E-state index in [1.54, 1.807) is 0 Å². The minimum Gasteiger partial charge on any atom is -1.00 e. The molecule has 0 spiro atoms. The second kappa shape index (κ2) is 5.42. The third-order valence-corrected chi connectivity index (χ3v) is 1.32. The van der Waals surface area contributed by atoms with E-state index < -0.39 is 18.3 Å². The van der Waals surface area contributed by atoms with Crippen LogP contribution in [0.2, 0.25) is 0 Å². The number of rotatable bonds is 1. The monoisotopic (exact) mass is 256 g/mol. The van der Waals surface area contributed by atoms with Gasteiger partial charge in [0.1, 0.15) is 0 Å². The Morgan fingerprint density at radius 3 is 1.36 bits per heavy atom. The van der Waals surface area contributed by atoms with E-state index >= 15 is 0 Å². The third kappa shape index (κ3) is 39.5. The predicted molar refractivity (Wildman–Crippen MR) is 39.9 cm³/mol. The summed E-state index contributed by atoms with van der Waals surface area (Å²) in [5.41, 5.74) is 0. The Labute approximate surface area is 91.3 Å². The standard InChI is InChI=1S/C3H6O3S.F5P.Li.H/c1-3(2)7(4,5)6;1-6(2,3,4)5;;/h1H2,2H3,(H,4,5,6);;;/q;;+1;-1. The van der Waals surface area contributed by atoms with Crippen molar-refractivity contribution in [3.63, 3.8) is 0 Å². The van der Waals surface area contributed by atoms with Crippen LogP contribution in [0.25, 0.3) is 0 Å². The zero-order valence-electron chi connectivity index (χ0n) is 8.22. The third-order valence-electron chi connectivity index (χ3n) is 0.440. The SMILES string of the molecule is C=C(C)S(=O)(=O)O.FP(F)(F)(F)F.[H-].[Li+]. The molecule has 3 nitrogen and oxygen atoms in total. The van der Waals surface area contributed by atoms with Gasteiger partial charge in [-0.05, 0) is 6.92 Å². The van der Waals surface area contributed by atoms with Crippen LogP contribution < -0.4 is 18.9 Å². The van der Waals surface area contributed by atoms with Gasteiger partial charge in [-0.3, -0.25) is 4.55 Å². The molecule has 0 saturated heterocycles. The molecule has 0 aliphatic rings. The molecule has 0 bridgehead atoms. The fourth-order valence-electron chi connectivity index (χ4n) is 0. The second-order valence-corrected chi connectivity index (χ2v) is 4.74. The molecule has 0 radical (unpaired) electrons. The molecule has 0 aromatic carbocycles. The molecule has 0 heterocycles. The van der Waals surface area contributed by atoms with Crippen molar-refractivity contribution in [1.82, 2.24) is 0 Å². The molecule has 1 N–H and O–H groups in total. The first-order chi connectivity index (χ1) is 5.18. The molecular weight excluding hydrogens is 249 g/mol. The molecule has 14 heavy (non-hydrogen) atoms. The maximum Gasteiger partial charge on any atom is 1.00 e. The van der Waals surface area contributed by atoms with Crippen LogP contribution in [0.15, 0.2) is 11.5 Å². The molecule has 0 aliphatic heterocycles. The van der Waals surface area contributed by atoms with Crippen LogP contribution in [0.3, 0.4) is 0 Å². The Bertz CT molecular complexity index is 281. The van der Waals surface area contributed by atoms with Gasteiger partial charge in [-0.25, -0.2) is 0 Å². The van der Waals surface area contributed by atoms with Crippen molar-refractivity contribution < 1.29 is 54.2 Å². The first-order valence-electron chi connectivity index (χ1n) is 2.42. The summed E-state index contributed by atoms with van der Waals surface area (Å²) in [6.45, 7) is 4.21. The van der Waals surface area contributed by atoms with Gasteiger partial charge in [0.15, 0.2) is 0 Å². The Kier molecular flexibility index (Phi) is 7.68. The van der Waals surface area contributed by atoms with Gasteiger partial charge in [0.05, 0.1) is 4.91 Å². The fraction of sp³-hybridized carbons (Fsp3) is 0.333. The molecule has 0 aliphatic carbocycles. The van der Waals surface area contributed by atoms with Crippen LogP contribution in [0.5, 0.6) is 0 Å². The Balaban J connectivity index is -0.0000000718. The van der Waals surface area contributed by atoms with Gasteiger partial charge in [-0.2, -0.15) is 8.42 Å². The van der Waals surface area contributed by atoms with Gasteiger partial charge in [0, 0.05) is 0 Å². The zero-order chi connectivity index (χ0) is 11.5. The van der Waals surface area contributed by atoms with Crippen molar-refractivity contribution in [3.8, 4) is 0 Å². The molecular formula is C3H7F5LiO3PS. The molecule has 11 heteroatoms. The minimum atomic E-state index is -8.55. The Hall–Kier alpha value is 0.327. The topological polar surface area (TPSA) is 54.4 Å².